The van der Waals surface area contributed by atoms with E-state index in [2.05, 4.69) is 13.5 Å². The number of methoxy groups -OCH3 is 2. The van der Waals surface area contributed by atoms with Crippen molar-refractivity contribution in [3.8, 4) is 17.2 Å². The number of unbranched alkanes of at least 4 members (excludes halogenated alkanes) is 1. The second-order valence-electron chi connectivity index (χ2n) is 4.14. The van der Waals surface area contributed by atoms with Crippen LogP contribution in [0.25, 0.3) is 0 Å². The standard InChI is InChI=1S/C15H22O4/c1-5-7-8-19-15-13(17-3)9-11(12(16)6-2)10-14(15)18-4/h6,9-10,12,16H,2,5,7-8H2,1,3-4H3. The van der Waals surface area contributed by atoms with Crippen LogP contribution in [0.4, 0.5) is 0 Å². The summed E-state index contributed by atoms with van der Waals surface area (Å²) in [6, 6.07) is 3.46. The highest BCUT2D eigenvalue weighted by Crippen LogP contribution is 2.40. The Morgan fingerprint density at radius 2 is 1.84 bits per heavy atom. The lowest BCUT2D eigenvalue weighted by atomic mass is 10.1. The topological polar surface area (TPSA) is 47.9 Å². The molecule has 1 aromatic rings. The Morgan fingerprint density at radius 1 is 1.26 bits per heavy atom. The average molecular weight is 266 g/mol. The summed E-state index contributed by atoms with van der Waals surface area (Å²) in [5.74, 6) is 1.66. The molecule has 4 nitrogen and oxygen atoms in total. The molecule has 0 amide bonds. The third-order valence-electron chi connectivity index (χ3n) is 2.79. The normalized spacial score (nSPS) is 11.8. The van der Waals surface area contributed by atoms with Gasteiger partial charge >= 0.3 is 0 Å². The molecular weight excluding hydrogens is 244 g/mol. The maximum Gasteiger partial charge on any atom is 0.203 e. The van der Waals surface area contributed by atoms with Crippen LogP contribution in [0.15, 0.2) is 24.8 Å². The van der Waals surface area contributed by atoms with E-state index in [4.69, 9.17) is 14.2 Å². The summed E-state index contributed by atoms with van der Waals surface area (Å²) < 4.78 is 16.3. The first-order chi connectivity index (χ1) is 9.17. The van der Waals surface area contributed by atoms with E-state index >= 15 is 0 Å². The van der Waals surface area contributed by atoms with E-state index in [9.17, 15) is 5.11 Å². The van der Waals surface area contributed by atoms with Crippen LogP contribution in [0.2, 0.25) is 0 Å². The zero-order valence-corrected chi connectivity index (χ0v) is 11.8. The molecule has 0 aliphatic carbocycles. The van der Waals surface area contributed by atoms with Gasteiger partial charge in [-0.1, -0.05) is 19.4 Å². The summed E-state index contributed by atoms with van der Waals surface area (Å²) in [5, 5.41) is 9.80. The van der Waals surface area contributed by atoms with Crippen molar-refractivity contribution in [3.63, 3.8) is 0 Å². The first-order valence-electron chi connectivity index (χ1n) is 6.37. The molecule has 0 saturated heterocycles. The van der Waals surface area contributed by atoms with Gasteiger partial charge in [0.1, 0.15) is 0 Å². The fraction of sp³-hybridized carbons (Fsp3) is 0.467. The van der Waals surface area contributed by atoms with E-state index in [0.29, 0.717) is 29.4 Å². The molecule has 19 heavy (non-hydrogen) atoms. The van der Waals surface area contributed by atoms with Gasteiger partial charge in [0.15, 0.2) is 11.5 Å². The fourth-order valence-corrected chi connectivity index (χ4v) is 1.67. The summed E-state index contributed by atoms with van der Waals surface area (Å²) in [7, 11) is 3.12. The number of ether oxygens (including phenoxy) is 3. The van der Waals surface area contributed by atoms with E-state index < -0.39 is 6.10 Å². The molecule has 0 aliphatic rings. The van der Waals surface area contributed by atoms with Crippen LogP contribution in [0.1, 0.15) is 31.4 Å². The molecule has 1 unspecified atom stereocenters. The SMILES string of the molecule is C=CC(O)c1cc(OC)c(OCCCC)c(OC)c1. The van der Waals surface area contributed by atoms with Crippen LogP contribution >= 0.6 is 0 Å². The number of aliphatic hydroxyl groups is 1. The molecule has 0 aromatic heterocycles. The molecule has 4 heteroatoms. The lowest BCUT2D eigenvalue weighted by Gasteiger charge is -2.17. The molecule has 106 valence electrons. The number of rotatable bonds is 8. The number of hydrogen-bond donors (Lipinski definition) is 1. The predicted octanol–water partition coefficient (Wildman–Crippen LogP) is 3.10. The average Bonchev–Trinajstić information content (AvgIpc) is 2.46. The Hall–Kier alpha value is -1.68. The molecule has 0 saturated carbocycles. The third kappa shape index (κ3) is 3.89. The summed E-state index contributed by atoms with van der Waals surface area (Å²) in [4.78, 5) is 0. The minimum absolute atomic E-state index is 0.548. The monoisotopic (exact) mass is 266 g/mol. The van der Waals surface area contributed by atoms with Gasteiger partial charge in [-0.15, -0.1) is 6.58 Å². The molecule has 0 aliphatic heterocycles. The first-order valence-corrected chi connectivity index (χ1v) is 6.37. The van der Waals surface area contributed by atoms with E-state index in [1.54, 1.807) is 26.4 Å². The zero-order chi connectivity index (χ0) is 14.3. The van der Waals surface area contributed by atoms with E-state index in [0.717, 1.165) is 12.8 Å². The number of hydrogen-bond acceptors (Lipinski definition) is 4. The second kappa shape index (κ2) is 7.69. The minimum atomic E-state index is -0.757. The summed E-state index contributed by atoms with van der Waals surface area (Å²) in [6.45, 7) is 6.27. The van der Waals surface area contributed by atoms with Crippen molar-refractivity contribution in [2.24, 2.45) is 0 Å². The highest BCUT2D eigenvalue weighted by atomic mass is 16.5. The Morgan fingerprint density at radius 3 is 2.26 bits per heavy atom. The van der Waals surface area contributed by atoms with E-state index in [-0.39, 0.29) is 0 Å². The van der Waals surface area contributed by atoms with Crippen molar-refractivity contribution in [1.82, 2.24) is 0 Å². The van der Waals surface area contributed by atoms with Crippen molar-refractivity contribution in [1.29, 1.82) is 0 Å². The van der Waals surface area contributed by atoms with Crippen LogP contribution in [0, 0.1) is 0 Å². The van der Waals surface area contributed by atoms with Gasteiger partial charge < -0.3 is 19.3 Å². The largest absolute Gasteiger partial charge is 0.493 e. The van der Waals surface area contributed by atoms with E-state index in [1.165, 1.54) is 6.08 Å². The molecule has 0 spiro atoms. The number of benzene rings is 1. The molecule has 0 fully saturated rings. The van der Waals surface area contributed by atoms with Crippen LogP contribution in [-0.4, -0.2) is 25.9 Å². The summed E-state index contributed by atoms with van der Waals surface area (Å²) >= 11 is 0. The van der Waals surface area contributed by atoms with Crippen molar-refractivity contribution in [2.45, 2.75) is 25.9 Å². The van der Waals surface area contributed by atoms with Gasteiger partial charge in [0, 0.05) is 0 Å². The fourth-order valence-electron chi connectivity index (χ4n) is 1.67. The lowest BCUT2D eigenvalue weighted by Crippen LogP contribution is -2.03. The Balaban J connectivity index is 3.10. The van der Waals surface area contributed by atoms with Crippen LogP contribution in [0.3, 0.4) is 0 Å². The van der Waals surface area contributed by atoms with Crippen molar-refractivity contribution < 1.29 is 19.3 Å². The smallest absolute Gasteiger partial charge is 0.203 e. The van der Waals surface area contributed by atoms with Crippen LogP contribution < -0.4 is 14.2 Å². The maximum atomic E-state index is 9.80. The van der Waals surface area contributed by atoms with Gasteiger partial charge in [-0.05, 0) is 24.1 Å². The molecular formula is C15H22O4. The lowest BCUT2D eigenvalue weighted by molar-refractivity contribution is 0.226. The molecule has 0 heterocycles. The summed E-state index contributed by atoms with van der Waals surface area (Å²) in [5.41, 5.74) is 0.659. The highest BCUT2D eigenvalue weighted by Gasteiger charge is 2.16. The molecule has 1 rings (SSSR count). The Kier molecular flexibility index (Phi) is 6.22. The van der Waals surface area contributed by atoms with Gasteiger partial charge in [-0.2, -0.15) is 0 Å². The highest BCUT2D eigenvalue weighted by molar-refractivity contribution is 5.54. The summed E-state index contributed by atoms with van der Waals surface area (Å²) in [6.07, 6.45) is 2.71. The van der Waals surface area contributed by atoms with Gasteiger partial charge in [-0.3, -0.25) is 0 Å². The number of aliphatic hydroxyl groups excluding tert-OH is 1. The van der Waals surface area contributed by atoms with Crippen molar-refractivity contribution in [3.05, 3.63) is 30.4 Å². The molecule has 0 bridgehead atoms. The quantitative estimate of drug-likeness (QED) is 0.580. The molecule has 1 atom stereocenters. The Bertz CT molecular complexity index is 390. The first kappa shape index (κ1) is 15.4. The van der Waals surface area contributed by atoms with Gasteiger partial charge in [0.25, 0.3) is 0 Å². The molecule has 0 radical (unpaired) electrons. The van der Waals surface area contributed by atoms with E-state index in [1.807, 2.05) is 0 Å². The molecule has 1 N–H and O–H groups in total. The van der Waals surface area contributed by atoms with Gasteiger partial charge in [0.2, 0.25) is 5.75 Å². The maximum absolute atomic E-state index is 9.80. The zero-order valence-electron chi connectivity index (χ0n) is 11.8. The predicted molar refractivity (Wildman–Crippen MR) is 75.1 cm³/mol. The minimum Gasteiger partial charge on any atom is -0.493 e. The van der Waals surface area contributed by atoms with Crippen LogP contribution in [-0.2, 0) is 0 Å². The van der Waals surface area contributed by atoms with Crippen LogP contribution in [0.5, 0.6) is 17.2 Å². The van der Waals surface area contributed by atoms with Crippen molar-refractivity contribution >= 4 is 0 Å². The third-order valence-corrected chi connectivity index (χ3v) is 2.79. The van der Waals surface area contributed by atoms with Crippen molar-refractivity contribution in [2.75, 3.05) is 20.8 Å². The van der Waals surface area contributed by atoms with Gasteiger partial charge in [-0.25, -0.2) is 0 Å². The Labute approximate surface area is 114 Å². The van der Waals surface area contributed by atoms with Gasteiger partial charge in [0.05, 0.1) is 26.9 Å². The second-order valence-corrected chi connectivity index (χ2v) is 4.14. The molecule has 1 aromatic carbocycles.